The van der Waals surface area contributed by atoms with Crippen molar-refractivity contribution in [3.8, 4) is 12.3 Å². The predicted molar refractivity (Wildman–Crippen MR) is 107 cm³/mol. The molecule has 2 rings (SSSR count). The minimum Gasteiger partial charge on any atom is -0.375 e. The lowest BCUT2D eigenvalue weighted by molar-refractivity contribution is 0.0953. The van der Waals surface area contributed by atoms with Gasteiger partial charge in [-0.05, 0) is 36.8 Å². The molecule has 6 nitrogen and oxygen atoms in total. The Labute approximate surface area is 160 Å². The second kappa shape index (κ2) is 9.76. The van der Waals surface area contributed by atoms with Gasteiger partial charge in [-0.3, -0.25) is 4.79 Å². The Morgan fingerprint density at radius 3 is 2.59 bits per heavy atom. The van der Waals surface area contributed by atoms with Gasteiger partial charge in [-0.2, -0.15) is 4.72 Å². The van der Waals surface area contributed by atoms with E-state index in [0.717, 1.165) is 18.7 Å². The van der Waals surface area contributed by atoms with Crippen molar-refractivity contribution in [3.63, 3.8) is 0 Å². The molecule has 0 fully saturated rings. The summed E-state index contributed by atoms with van der Waals surface area (Å²) in [5.74, 6) is 1.90. The number of hydrogen-bond donors (Lipinski definition) is 2. The smallest absolute Gasteiger partial charge is 0.251 e. The van der Waals surface area contributed by atoms with Crippen molar-refractivity contribution >= 4 is 21.6 Å². The van der Waals surface area contributed by atoms with Crippen molar-refractivity contribution in [1.29, 1.82) is 0 Å². The molecular formula is C20H23N3O3S. The largest absolute Gasteiger partial charge is 0.375 e. The highest BCUT2D eigenvalue weighted by Gasteiger charge is 2.15. The molecule has 27 heavy (non-hydrogen) atoms. The Morgan fingerprint density at radius 2 is 1.89 bits per heavy atom. The molecule has 0 unspecified atom stereocenters. The number of hydrogen-bond acceptors (Lipinski definition) is 4. The molecule has 0 atom stereocenters. The summed E-state index contributed by atoms with van der Waals surface area (Å²) in [4.78, 5) is 14.4. The van der Waals surface area contributed by atoms with Gasteiger partial charge < -0.3 is 10.2 Å². The standard InChI is InChI=1S/C20H23N3O3S/c1-3-13-22-27(25,26)19-12-7-9-17(16-19)20(24)21-14-8-15-23(2)18-10-5-4-6-11-18/h1,4-7,9-12,16,22H,8,13-15H2,2H3,(H,21,24). The first-order valence-electron chi connectivity index (χ1n) is 8.51. The van der Waals surface area contributed by atoms with Crippen LogP contribution in [0.2, 0.25) is 0 Å². The fraction of sp³-hybridized carbons (Fsp3) is 0.250. The molecule has 0 radical (unpaired) electrons. The van der Waals surface area contributed by atoms with E-state index in [1.807, 2.05) is 37.4 Å². The molecule has 2 aromatic carbocycles. The quantitative estimate of drug-likeness (QED) is 0.510. The monoisotopic (exact) mass is 385 g/mol. The van der Waals surface area contributed by atoms with Crippen molar-refractivity contribution < 1.29 is 13.2 Å². The van der Waals surface area contributed by atoms with E-state index < -0.39 is 10.0 Å². The summed E-state index contributed by atoms with van der Waals surface area (Å²) in [5.41, 5.74) is 1.40. The fourth-order valence-corrected chi connectivity index (χ4v) is 3.44. The number of anilines is 1. The molecule has 0 saturated heterocycles. The molecule has 2 aromatic rings. The number of sulfonamides is 1. The van der Waals surface area contributed by atoms with Gasteiger partial charge in [-0.1, -0.05) is 30.2 Å². The molecule has 0 bridgehead atoms. The first-order valence-corrected chi connectivity index (χ1v) is 10.00. The number of carbonyl (C=O) groups excluding carboxylic acids is 1. The minimum atomic E-state index is -3.72. The van der Waals surface area contributed by atoms with Crippen LogP contribution in [0.1, 0.15) is 16.8 Å². The lowest BCUT2D eigenvalue weighted by atomic mass is 10.2. The van der Waals surface area contributed by atoms with Gasteiger partial charge in [0.25, 0.3) is 5.91 Å². The van der Waals surface area contributed by atoms with Crippen molar-refractivity contribution in [3.05, 3.63) is 60.2 Å². The summed E-state index contributed by atoms with van der Waals surface area (Å²) in [7, 11) is -1.73. The third-order valence-corrected chi connectivity index (χ3v) is 5.32. The van der Waals surface area contributed by atoms with Crippen LogP contribution in [-0.4, -0.2) is 41.0 Å². The van der Waals surface area contributed by atoms with Crippen LogP contribution in [0.5, 0.6) is 0 Å². The summed E-state index contributed by atoms with van der Waals surface area (Å²) in [6, 6.07) is 15.8. The molecular weight excluding hydrogens is 362 g/mol. The van der Waals surface area contributed by atoms with Gasteiger partial charge >= 0.3 is 0 Å². The molecule has 0 aliphatic heterocycles. The molecule has 0 heterocycles. The van der Waals surface area contributed by atoms with Crippen LogP contribution in [0.25, 0.3) is 0 Å². The van der Waals surface area contributed by atoms with Gasteiger partial charge in [0.2, 0.25) is 10.0 Å². The zero-order chi connectivity index (χ0) is 19.7. The molecule has 7 heteroatoms. The number of benzene rings is 2. The zero-order valence-electron chi connectivity index (χ0n) is 15.2. The van der Waals surface area contributed by atoms with Gasteiger partial charge in [0.1, 0.15) is 0 Å². The molecule has 0 aromatic heterocycles. The lowest BCUT2D eigenvalue weighted by Gasteiger charge is -2.19. The first-order chi connectivity index (χ1) is 12.9. The molecule has 0 aliphatic carbocycles. The summed E-state index contributed by atoms with van der Waals surface area (Å²) in [6.07, 6.45) is 5.84. The van der Waals surface area contributed by atoms with Crippen LogP contribution in [-0.2, 0) is 10.0 Å². The SMILES string of the molecule is C#CCNS(=O)(=O)c1cccc(C(=O)NCCCN(C)c2ccccc2)c1. The number of nitrogens with one attached hydrogen (secondary N) is 2. The van der Waals surface area contributed by atoms with Gasteiger partial charge in [0.15, 0.2) is 0 Å². The highest BCUT2D eigenvalue weighted by atomic mass is 32.2. The number of amides is 1. The van der Waals surface area contributed by atoms with Gasteiger partial charge in [-0.15, -0.1) is 6.42 Å². The third kappa shape index (κ3) is 6.13. The normalized spacial score (nSPS) is 10.8. The molecule has 1 amide bonds. The highest BCUT2D eigenvalue weighted by Crippen LogP contribution is 2.12. The zero-order valence-corrected chi connectivity index (χ0v) is 16.0. The highest BCUT2D eigenvalue weighted by molar-refractivity contribution is 7.89. The molecule has 0 spiro atoms. The van der Waals surface area contributed by atoms with E-state index in [4.69, 9.17) is 6.42 Å². The Kier molecular flexibility index (Phi) is 7.41. The predicted octanol–water partition coefficient (Wildman–Crippen LogP) is 1.85. The molecule has 142 valence electrons. The van der Waals surface area contributed by atoms with Gasteiger partial charge in [0, 0.05) is 31.4 Å². The van der Waals surface area contributed by atoms with Crippen LogP contribution in [0, 0.1) is 12.3 Å². The van der Waals surface area contributed by atoms with E-state index in [-0.39, 0.29) is 22.9 Å². The van der Waals surface area contributed by atoms with E-state index in [1.165, 1.54) is 18.2 Å². The number of para-hydroxylation sites is 1. The van der Waals surface area contributed by atoms with Crippen molar-refractivity contribution in [2.75, 3.05) is 31.6 Å². The average molecular weight is 385 g/mol. The number of terminal acetylenes is 1. The minimum absolute atomic E-state index is 0.00853. The van der Waals surface area contributed by atoms with E-state index in [1.54, 1.807) is 6.07 Å². The second-order valence-corrected chi connectivity index (χ2v) is 7.69. The number of rotatable bonds is 9. The molecule has 0 aliphatic rings. The molecule has 0 saturated carbocycles. The van der Waals surface area contributed by atoms with E-state index in [2.05, 4.69) is 20.9 Å². The number of nitrogens with zero attached hydrogens (tertiary/aromatic N) is 1. The van der Waals surface area contributed by atoms with Crippen LogP contribution < -0.4 is 14.9 Å². The van der Waals surface area contributed by atoms with E-state index >= 15 is 0 Å². The lowest BCUT2D eigenvalue weighted by Crippen LogP contribution is -2.28. The number of carbonyl (C=O) groups is 1. The summed E-state index contributed by atoms with van der Waals surface area (Å²) >= 11 is 0. The van der Waals surface area contributed by atoms with Crippen LogP contribution in [0.15, 0.2) is 59.5 Å². The summed E-state index contributed by atoms with van der Waals surface area (Å²) < 4.78 is 26.5. The summed E-state index contributed by atoms with van der Waals surface area (Å²) in [5, 5.41) is 2.81. The maximum absolute atomic E-state index is 12.3. The van der Waals surface area contributed by atoms with Crippen LogP contribution >= 0.6 is 0 Å². The maximum atomic E-state index is 12.3. The Bertz CT molecular complexity index is 906. The van der Waals surface area contributed by atoms with Gasteiger partial charge in [-0.25, -0.2) is 8.42 Å². The Morgan fingerprint density at radius 1 is 1.15 bits per heavy atom. The Balaban J connectivity index is 1.87. The van der Waals surface area contributed by atoms with Crippen LogP contribution in [0.4, 0.5) is 5.69 Å². The van der Waals surface area contributed by atoms with Gasteiger partial charge in [0.05, 0.1) is 11.4 Å². The van der Waals surface area contributed by atoms with E-state index in [9.17, 15) is 13.2 Å². The topological polar surface area (TPSA) is 78.5 Å². The van der Waals surface area contributed by atoms with E-state index in [0.29, 0.717) is 6.54 Å². The first kappa shape index (κ1) is 20.5. The summed E-state index contributed by atoms with van der Waals surface area (Å²) in [6.45, 7) is 1.17. The molecule has 2 N–H and O–H groups in total. The fourth-order valence-electron chi connectivity index (χ4n) is 2.46. The van der Waals surface area contributed by atoms with Crippen molar-refractivity contribution in [2.45, 2.75) is 11.3 Å². The Hall–Kier alpha value is -2.82. The second-order valence-electron chi connectivity index (χ2n) is 5.92. The third-order valence-electron chi connectivity index (χ3n) is 3.92. The average Bonchev–Trinajstić information content (AvgIpc) is 2.70. The van der Waals surface area contributed by atoms with Crippen LogP contribution in [0.3, 0.4) is 0 Å². The maximum Gasteiger partial charge on any atom is 0.251 e. The van der Waals surface area contributed by atoms with Crippen molar-refractivity contribution in [1.82, 2.24) is 10.0 Å². The van der Waals surface area contributed by atoms with Crippen molar-refractivity contribution in [2.24, 2.45) is 0 Å².